The number of carbonyl (C=O) groups excluding carboxylic acids is 1. The molecule has 0 unspecified atom stereocenters. The molecule has 3 nitrogen and oxygen atoms in total. The molecule has 1 amide bonds. The molecule has 1 aromatic heterocycles. The molecule has 0 atom stereocenters. The third-order valence-corrected chi connectivity index (χ3v) is 2.17. The van der Waals surface area contributed by atoms with E-state index in [9.17, 15) is 13.6 Å². The number of aromatic nitrogens is 1. The molecular weight excluding hydrogens is 202 g/mol. The van der Waals surface area contributed by atoms with Crippen molar-refractivity contribution in [3.05, 3.63) is 29.6 Å². The zero-order valence-electron chi connectivity index (χ0n) is 8.79. The van der Waals surface area contributed by atoms with Gasteiger partial charge in [-0.2, -0.15) is 4.39 Å². The zero-order valence-corrected chi connectivity index (χ0v) is 8.79. The van der Waals surface area contributed by atoms with Crippen molar-refractivity contribution in [3.8, 4) is 0 Å². The molecule has 0 saturated heterocycles. The van der Waals surface area contributed by atoms with Gasteiger partial charge in [-0.1, -0.05) is 0 Å². The molecule has 82 valence electrons. The van der Waals surface area contributed by atoms with Gasteiger partial charge < -0.3 is 4.90 Å². The van der Waals surface area contributed by atoms with Crippen molar-refractivity contribution in [1.82, 2.24) is 9.88 Å². The standard InChI is InChI=1S/C10H12F2N2O/c1-6(2)14(3)10(15)7-4-5-13-9(12)8(7)11/h4-6H,1-3H3. The molecule has 0 bridgehead atoms. The van der Waals surface area contributed by atoms with Gasteiger partial charge in [-0.3, -0.25) is 4.79 Å². The van der Waals surface area contributed by atoms with E-state index in [1.165, 1.54) is 18.0 Å². The molecule has 0 N–H and O–H groups in total. The predicted octanol–water partition coefficient (Wildman–Crippen LogP) is 1.84. The van der Waals surface area contributed by atoms with Crippen LogP contribution in [-0.4, -0.2) is 28.9 Å². The lowest BCUT2D eigenvalue weighted by molar-refractivity contribution is 0.0748. The largest absolute Gasteiger partial charge is 0.339 e. The number of nitrogens with zero attached hydrogens (tertiary/aromatic N) is 2. The quantitative estimate of drug-likeness (QED) is 0.704. The first kappa shape index (κ1) is 11.6. The van der Waals surface area contributed by atoms with Gasteiger partial charge in [0, 0.05) is 19.3 Å². The first-order chi connectivity index (χ1) is 6.95. The highest BCUT2D eigenvalue weighted by molar-refractivity contribution is 5.94. The maximum atomic E-state index is 13.2. The Morgan fingerprint density at radius 2 is 2.07 bits per heavy atom. The number of rotatable bonds is 2. The number of hydrogen-bond acceptors (Lipinski definition) is 2. The fourth-order valence-electron chi connectivity index (χ4n) is 1.01. The molecule has 0 aromatic carbocycles. The van der Waals surface area contributed by atoms with Gasteiger partial charge in [0.05, 0.1) is 5.56 Å². The molecule has 0 spiro atoms. The molecular formula is C10H12F2N2O. The monoisotopic (exact) mass is 214 g/mol. The van der Waals surface area contributed by atoms with Gasteiger partial charge in [-0.15, -0.1) is 0 Å². The lowest BCUT2D eigenvalue weighted by Gasteiger charge is -2.21. The van der Waals surface area contributed by atoms with Crippen molar-refractivity contribution in [3.63, 3.8) is 0 Å². The van der Waals surface area contributed by atoms with E-state index in [-0.39, 0.29) is 11.6 Å². The first-order valence-electron chi connectivity index (χ1n) is 4.52. The van der Waals surface area contributed by atoms with Gasteiger partial charge in [-0.25, -0.2) is 9.37 Å². The summed E-state index contributed by atoms with van der Waals surface area (Å²) in [6.45, 7) is 3.57. The molecule has 1 rings (SSSR count). The molecule has 0 aliphatic heterocycles. The molecule has 0 fully saturated rings. The summed E-state index contributed by atoms with van der Waals surface area (Å²) in [5.41, 5.74) is -0.293. The fraction of sp³-hybridized carbons (Fsp3) is 0.400. The maximum Gasteiger partial charge on any atom is 0.257 e. The van der Waals surface area contributed by atoms with Crippen LogP contribution in [0.5, 0.6) is 0 Å². The smallest absolute Gasteiger partial charge is 0.257 e. The van der Waals surface area contributed by atoms with Gasteiger partial charge in [0.25, 0.3) is 5.91 Å². The highest BCUT2D eigenvalue weighted by atomic mass is 19.2. The fourth-order valence-corrected chi connectivity index (χ4v) is 1.01. The molecule has 1 heterocycles. The van der Waals surface area contributed by atoms with Crippen LogP contribution in [0, 0.1) is 11.8 Å². The highest BCUT2D eigenvalue weighted by Crippen LogP contribution is 2.12. The summed E-state index contributed by atoms with van der Waals surface area (Å²) in [6.07, 6.45) is 1.07. The molecule has 15 heavy (non-hydrogen) atoms. The van der Waals surface area contributed by atoms with Crippen LogP contribution < -0.4 is 0 Å². The van der Waals surface area contributed by atoms with Crippen molar-refractivity contribution in [1.29, 1.82) is 0 Å². The van der Waals surface area contributed by atoms with Gasteiger partial charge in [0.15, 0.2) is 5.82 Å². The Balaban J connectivity index is 3.07. The van der Waals surface area contributed by atoms with Crippen LogP contribution in [0.25, 0.3) is 0 Å². The third-order valence-electron chi connectivity index (χ3n) is 2.17. The number of amides is 1. The van der Waals surface area contributed by atoms with E-state index in [0.717, 1.165) is 6.20 Å². The van der Waals surface area contributed by atoms with Gasteiger partial charge in [0.1, 0.15) is 0 Å². The van der Waals surface area contributed by atoms with Crippen molar-refractivity contribution >= 4 is 5.91 Å². The van der Waals surface area contributed by atoms with E-state index in [1.54, 1.807) is 13.8 Å². The van der Waals surface area contributed by atoms with Gasteiger partial charge in [0.2, 0.25) is 5.95 Å². The maximum absolute atomic E-state index is 13.2. The Bertz CT molecular complexity index is 380. The average molecular weight is 214 g/mol. The Kier molecular flexibility index (Phi) is 3.34. The first-order valence-corrected chi connectivity index (χ1v) is 4.52. The average Bonchev–Trinajstić information content (AvgIpc) is 2.20. The predicted molar refractivity (Wildman–Crippen MR) is 51.4 cm³/mol. The van der Waals surface area contributed by atoms with E-state index in [2.05, 4.69) is 4.98 Å². The molecule has 0 radical (unpaired) electrons. The Labute approximate surface area is 86.7 Å². The Morgan fingerprint density at radius 3 is 2.60 bits per heavy atom. The van der Waals surface area contributed by atoms with Crippen LogP contribution in [0.4, 0.5) is 8.78 Å². The second kappa shape index (κ2) is 4.33. The molecule has 0 aliphatic rings. The van der Waals surface area contributed by atoms with Crippen LogP contribution in [-0.2, 0) is 0 Å². The third kappa shape index (κ3) is 2.29. The second-order valence-corrected chi connectivity index (χ2v) is 3.47. The highest BCUT2D eigenvalue weighted by Gasteiger charge is 2.20. The summed E-state index contributed by atoms with van der Waals surface area (Å²) in [5, 5.41) is 0. The summed E-state index contributed by atoms with van der Waals surface area (Å²) >= 11 is 0. The van der Waals surface area contributed by atoms with E-state index in [4.69, 9.17) is 0 Å². The van der Waals surface area contributed by atoms with Crippen molar-refractivity contribution < 1.29 is 13.6 Å². The Hall–Kier alpha value is -1.52. The van der Waals surface area contributed by atoms with Crippen LogP contribution in [0.3, 0.4) is 0 Å². The summed E-state index contributed by atoms with van der Waals surface area (Å²) in [6, 6.07) is 1.09. The molecule has 1 aromatic rings. The second-order valence-electron chi connectivity index (χ2n) is 3.47. The summed E-state index contributed by atoms with van der Waals surface area (Å²) in [5.74, 6) is -3.00. The van der Waals surface area contributed by atoms with Crippen molar-refractivity contribution in [2.45, 2.75) is 19.9 Å². The van der Waals surface area contributed by atoms with Crippen LogP contribution in [0.1, 0.15) is 24.2 Å². The minimum atomic E-state index is -1.25. The normalized spacial score (nSPS) is 10.5. The van der Waals surface area contributed by atoms with E-state index in [1.807, 2.05) is 0 Å². The van der Waals surface area contributed by atoms with E-state index in [0.29, 0.717) is 0 Å². The lowest BCUT2D eigenvalue weighted by atomic mass is 10.2. The minimum absolute atomic E-state index is 0.0758. The SMILES string of the molecule is CC(C)N(C)C(=O)c1ccnc(F)c1F. The van der Waals surface area contributed by atoms with Gasteiger partial charge in [-0.05, 0) is 19.9 Å². The molecule has 0 saturated carbocycles. The van der Waals surface area contributed by atoms with E-state index < -0.39 is 17.7 Å². The summed E-state index contributed by atoms with van der Waals surface area (Å²) in [7, 11) is 1.53. The summed E-state index contributed by atoms with van der Waals surface area (Å²) < 4.78 is 25.9. The zero-order chi connectivity index (χ0) is 11.6. The van der Waals surface area contributed by atoms with Gasteiger partial charge >= 0.3 is 0 Å². The molecule has 5 heteroatoms. The Morgan fingerprint density at radius 1 is 1.47 bits per heavy atom. The van der Waals surface area contributed by atoms with Crippen LogP contribution in [0.2, 0.25) is 0 Å². The van der Waals surface area contributed by atoms with Crippen molar-refractivity contribution in [2.24, 2.45) is 0 Å². The number of pyridine rings is 1. The summed E-state index contributed by atoms with van der Waals surface area (Å²) in [4.78, 5) is 16.1. The minimum Gasteiger partial charge on any atom is -0.339 e. The lowest BCUT2D eigenvalue weighted by Crippen LogP contribution is -2.33. The number of halogens is 2. The topological polar surface area (TPSA) is 33.2 Å². The van der Waals surface area contributed by atoms with Crippen molar-refractivity contribution in [2.75, 3.05) is 7.05 Å². The van der Waals surface area contributed by atoms with Crippen LogP contribution in [0.15, 0.2) is 12.3 Å². The number of hydrogen-bond donors (Lipinski definition) is 0. The van der Waals surface area contributed by atoms with E-state index >= 15 is 0 Å². The molecule has 0 aliphatic carbocycles. The number of carbonyl (C=O) groups is 1. The van der Waals surface area contributed by atoms with Crippen LogP contribution >= 0.6 is 0 Å².